The molecule has 4 heteroatoms. The maximum Gasteiger partial charge on any atom is 0.0931 e. The first-order valence-electron chi connectivity index (χ1n) is 5.35. The number of nitrogens with one attached hydrogen (secondary N) is 1. The predicted octanol–water partition coefficient (Wildman–Crippen LogP) is 2.31. The van der Waals surface area contributed by atoms with Crippen LogP contribution in [-0.2, 0) is 6.42 Å². The minimum absolute atomic E-state index is 0.973. The Balaban J connectivity index is 2.18. The van der Waals surface area contributed by atoms with Gasteiger partial charge in [0.25, 0.3) is 0 Å². The van der Waals surface area contributed by atoms with Crippen molar-refractivity contribution in [2.24, 2.45) is 0 Å². The third-order valence-corrected chi connectivity index (χ3v) is 2.73. The molecule has 1 aromatic carbocycles. The van der Waals surface area contributed by atoms with Gasteiger partial charge in [0, 0.05) is 11.9 Å². The van der Waals surface area contributed by atoms with Gasteiger partial charge in [-0.1, -0.05) is 6.92 Å². The molecule has 3 rings (SSSR count). The lowest BCUT2D eigenvalue weighted by Crippen LogP contribution is -2.00. The first kappa shape index (κ1) is 9.15. The number of hydrogen-bond acceptors (Lipinski definition) is 2. The quantitative estimate of drug-likeness (QED) is 0.708. The molecule has 0 atom stereocenters. The zero-order chi connectivity index (χ0) is 11.0. The number of rotatable bonds is 2. The van der Waals surface area contributed by atoms with Crippen molar-refractivity contribution in [2.45, 2.75) is 13.3 Å². The summed E-state index contributed by atoms with van der Waals surface area (Å²) in [5.74, 6) is 0. The van der Waals surface area contributed by atoms with E-state index in [1.807, 2.05) is 29.1 Å². The van der Waals surface area contributed by atoms with Gasteiger partial charge in [0.1, 0.15) is 0 Å². The Hall–Kier alpha value is -2.10. The van der Waals surface area contributed by atoms with Crippen LogP contribution in [0, 0.1) is 0 Å². The highest BCUT2D eigenvalue weighted by Crippen LogP contribution is 2.16. The average molecular weight is 212 g/mol. The minimum atomic E-state index is 0.973. The van der Waals surface area contributed by atoms with Crippen molar-refractivity contribution >= 4 is 11.0 Å². The van der Waals surface area contributed by atoms with Gasteiger partial charge >= 0.3 is 0 Å². The monoisotopic (exact) mass is 212 g/mol. The van der Waals surface area contributed by atoms with E-state index in [4.69, 9.17) is 0 Å². The average Bonchev–Trinajstić information content (AvgIpc) is 2.96. The Morgan fingerprint density at radius 2 is 2.25 bits per heavy atom. The molecule has 0 aliphatic rings. The summed E-state index contributed by atoms with van der Waals surface area (Å²) in [5.41, 5.74) is 4.29. The molecule has 0 saturated carbocycles. The van der Waals surface area contributed by atoms with Gasteiger partial charge in [-0.25, -0.2) is 9.67 Å². The maximum atomic E-state index is 4.33. The van der Waals surface area contributed by atoms with Crippen molar-refractivity contribution in [2.75, 3.05) is 0 Å². The van der Waals surface area contributed by atoms with Crippen molar-refractivity contribution in [1.82, 2.24) is 19.7 Å². The van der Waals surface area contributed by atoms with E-state index in [-0.39, 0.29) is 0 Å². The maximum absolute atomic E-state index is 4.33. The number of aromatic amines is 1. The minimum Gasteiger partial charge on any atom is -0.345 e. The van der Waals surface area contributed by atoms with Crippen LogP contribution in [0.15, 0.2) is 36.8 Å². The molecule has 0 aliphatic carbocycles. The normalized spacial score (nSPS) is 11.1. The smallest absolute Gasteiger partial charge is 0.0931 e. The summed E-state index contributed by atoms with van der Waals surface area (Å²) in [7, 11) is 0. The first-order valence-corrected chi connectivity index (χ1v) is 5.35. The summed E-state index contributed by atoms with van der Waals surface area (Å²) in [5, 5.41) is 4.33. The Morgan fingerprint density at radius 3 is 3.12 bits per heavy atom. The highest BCUT2D eigenvalue weighted by Gasteiger charge is 2.04. The zero-order valence-corrected chi connectivity index (χ0v) is 9.01. The van der Waals surface area contributed by atoms with Crippen LogP contribution >= 0.6 is 0 Å². The summed E-state index contributed by atoms with van der Waals surface area (Å²) >= 11 is 0. The number of benzene rings is 1. The fourth-order valence-electron chi connectivity index (χ4n) is 1.89. The third kappa shape index (κ3) is 1.31. The van der Waals surface area contributed by atoms with Crippen molar-refractivity contribution in [1.29, 1.82) is 0 Å². The summed E-state index contributed by atoms with van der Waals surface area (Å²) in [6.45, 7) is 2.13. The fraction of sp³-hybridized carbons (Fsp3) is 0.167. The summed E-state index contributed by atoms with van der Waals surface area (Å²) < 4.78 is 1.96. The Labute approximate surface area is 92.9 Å². The van der Waals surface area contributed by atoms with Gasteiger partial charge in [0.15, 0.2) is 0 Å². The van der Waals surface area contributed by atoms with Crippen LogP contribution in [0.2, 0.25) is 0 Å². The van der Waals surface area contributed by atoms with E-state index in [9.17, 15) is 0 Å². The Morgan fingerprint density at radius 1 is 1.31 bits per heavy atom. The number of hydrogen-bond donors (Lipinski definition) is 1. The zero-order valence-electron chi connectivity index (χ0n) is 9.01. The molecule has 0 fully saturated rings. The number of imidazole rings is 1. The molecule has 16 heavy (non-hydrogen) atoms. The molecule has 0 unspecified atom stereocenters. The van der Waals surface area contributed by atoms with E-state index < -0.39 is 0 Å². The lowest BCUT2D eigenvalue weighted by molar-refractivity contribution is 0.815. The van der Waals surface area contributed by atoms with Crippen LogP contribution in [0.3, 0.4) is 0 Å². The van der Waals surface area contributed by atoms with E-state index in [2.05, 4.69) is 28.1 Å². The molecule has 2 aromatic heterocycles. The van der Waals surface area contributed by atoms with Crippen LogP contribution in [0.4, 0.5) is 0 Å². The molecule has 0 amide bonds. The molecule has 80 valence electrons. The highest BCUT2D eigenvalue weighted by molar-refractivity contribution is 5.76. The van der Waals surface area contributed by atoms with Crippen molar-refractivity contribution in [3.05, 3.63) is 42.5 Å². The number of fused-ring (bicyclic) bond motifs is 1. The van der Waals surface area contributed by atoms with Gasteiger partial charge in [-0.05, 0) is 30.7 Å². The second kappa shape index (κ2) is 3.48. The van der Waals surface area contributed by atoms with Crippen LogP contribution in [-0.4, -0.2) is 19.7 Å². The van der Waals surface area contributed by atoms with Crippen molar-refractivity contribution < 1.29 is 0 Å². The lowest BCUT2D eigenvalue weighted by Gasteiger charge is -2.05. The summed E-state index contributed by atoms with van der Waals surface area (Å²) in [6.07, 6.45) is 4.51. The van der Waals surface area contributed by atoms with E-state index in [1.54, 1.807) is 6.33 Å². The third-order valence-electron chi connectivity index (χ3n) is 2.73. The number of H-pyrrole nitrogens is 1. The van der Waals surface area contributed by atoms with Crippen LogP contribution in [0.25, 0.3) is 16.7 Å². The number of aryl methyl sites for hydroxylation is 1. The lowest BCUT2D eigenvalue weighted by atomic mass is 10.2. The van der Waals surface area contributed by atoms with Crippen molar-refractivity contribution in [3.63, 3.8) is 0 Å². The van der Waals surface area contributed by atoms with Crippen LogP contribution in [0.1, 0.15) is 12.6 Å². The second-order valence-electron chi connectivity index (χ2n) is 3.69. The van der Waals surface area contributed by atoms with Crippen LogP contribution in [0.5, 0.6) is 0 Å². The van der Waals surface area contributed by atoms with E-state index in [1.165, 1.54) is 5.69 Å². The number of aromatic nitrogens is 4. The summed E-state index contributed by atoms with van der Waals surface area (Å²) in [4.78, 5) is 7.31. The van der Waals surface area contributed by atoms with E-state index >= 15 is 0 Å². The molecule has 1 N–H and O–H groups in total. The molecule has 3 aromatic rings. The predicted molar refractivity (Wildman–Crippen MR) is 62.6 cm³/mol. The van der Waals surface area contributed by atoms with Gasteiger partial charge in [-0.3, -0.25) is 0 Å². The topological polar surface area (TPSA) is 46.5 Å². The molecule has 2 heterocycles. The Kier molecular flexibility index (Phi) is 1.99. The number of nitrogens with zero attached hydrogens (tertiary/aromatic N) is 3. The van der Waals surface area contributed by atoms with Gasteiger partial charge < -0.3 is 4.98 Å². The van der Waals surface area contributed by atoms with Crippen LogP contribution < -0.4 is 0 Å². The van der Waals surface area contributed by atoms with Crippen molar-refractivity contribution in [3.8, 4) is 5.69 Å². The van der Waals surface area contributed by atoms with Gasteiger partial charge in [-0.15, -0.1) is 0 Å². The second-order valence-corrected chi connectivity index (χ2v) is 3.69. The molecule has 0 aliphatic heterocycles. The standard InChI is InChI=1S/C12H12N4/c1-2-9-5-6-15-16(9)10-3-4-11-12(7-10)14-8-13-11/h3-8H,2H2,1H3,(H,13,14). The molecular formula is C12H12N4. The summed E-state index contributed by atoms with van der Waals surface area (Å²) in [6, 6.07) is 8.14. The highest BCUT2D eigenvalue weighted by atomic mass is 15.3. The Bertz CT molecular complexity index is 621. The molecule has 0 radical (unpaired) electrons. The first-order chi connectivity index (χ1) is 7.88. The van der Waals surface area contributed by atoms with E-state index in [0.717, 1.165) is 23.1 Å². The molecule has 4 nitrogen and oxygen atoms in total. The van der Waals surface area contributed by atoms with E-state index in [0.29, 0.717) is 0 Å². The van der Waals surface area contributed by atoms with Gasteiger partial charge in [0.2, 0.25) is 0 Å². The molecule has 0 saturated heterocycles. The largest absolute Gasteiger partial charge is 0.345 e. The van der Waals surface area contributed by atoms with Gasteiger partial charge in [0.05, 0.1) is 23.0 Å². The SMILES string of the molecule is CCc1ccnn1-c1ccc2nc[nH]c2c1. The molecular weight excluding hydrogens is 200 g/mol. The fourth-order valence-corrected chi connectivity index (χ4v) is 1.89. The molecule has 0 spiro atoms. The van der Waals surface area contributed by atoms with Gasteiger partial charge in [-0.2, -0.15) is 5.10 Å². The molecule has 0 bridgehead atoms.